The molecule has 2 aromatic carbocycles. The molecule has 4 rings (SSSR count). The van der Waals surface area contributed by atoms with Crippen molar-refractivity contribution in [1.82, 2.24) is 15.2 Å². The van der Waals surface area contributed by atoms with E-state index in [9.17, 15) is 14.4 Å². The van der Waals surface area contributed by atoms with Gasteiger partial charge in [-0.3, -0.25) is 14.5 Å². The fourth-order valence-electron chi connectivity index (χ4n) is 3.65. The van der Waals surface area contributed by atoms with Crippen LogP contribution in [0.15, 0.2) is 60.8 Å². The summed E-state index contributed by atoms with van der Waals surface area (Å²) in [5.74, 6) is -0.612. The van der Waals surface area contributed by atoms with Crippen LogP contribution in [-0.2, 0) is 19.9 Å². The fourth-order valence-corrected chi connectivity index (χ4v) is 3.65. The third-order valence-corrected chi connectivity index (χ3v) is 5.46. The SMILES string of the molecule is COCCOc1ccc(NC(=O)CN2C(=O)NC(C)(c3ccc4ccccc4c3)C2=O)cn1. The Morgan fingerprint density at radius 3 is 2.61 bits per heavy atom. The molecule has 4 amide bonds. The van der Waals surface area contributed by atoms with Gasteiger partial charge in [0.2, 0.25) is 11.8 Å². The Morgan fingerprint density at radius 2 is 1.88 bits per heavy atom. The summed E-state index contributed by atoms with van der Waals surface area (Å²) >= 11 is 0. The number of fused-ring (bicyclic) bond motifs is 1. The molecule has 0 aliphatic carbocycles. The van der Waals surface area contributed by atoms with Gasteiger partial charge in [-0.2, -0.15) is 0 Å². The lowest BCUT2D eigenvalue weighted by atomic mass is 9.90. The first kappa shape index (κ1) is 22.2. The van der Waals surface area contributed by atoms with Gasteiger partial charge >= 0.3 is 6.03 Å². The van der Waals surface area contributed by atoms with Crippen LogP contribution in [0.3, 0.4) is 0 Å². The Hall–Kier alpha value is -3.98. The van der Waals surface area contributed by atoms with E-state index >= 15 is 0 Å². The monoisotopic (exact) mass is 448 g/mol. The molecule has 9 heteroatoms. The van der Waals surface area contributed by atoms with Gasteiger partial charge in [0.05, 0.1) is 18.5 Å². The van der Waals surface area contributed by atoms with E-state index in [1.54, 1.807) is 26.2 Å². The van der Waals surface area contributed by atoms with Crippen molar-refractivity contribution in [2.45, 2.75) is 12.5 Å². The predicted molar refractivity (Wildman–Crippen MR) is 122 cm³/mol. The number of urea groups is 1. The standard InChI is InChI=1S/C24H24N4O5/c1-24(18-8-7-16-5-3-4-6-17(16)13-18)22(30)28(23(31)27-24)15-20(29)26-19-9-10-21(25-14-19)33-12-11-32-2/h3-10,13-14H,11-12,15H2,1-2H3,(H,26,29)(H,27,31). The van der Waals surface area contributed by atoms with Gasteiger partial charge < -0.3 is 20.1 Å². The number of imide groups is 1. The molecule has 170 valence electrons. The molecule has 1 saturated heterocycles. The average Bonchev–Trinajstić information content (AvgIpc) is 3.04. The summed E-state index contributed by atoms with van der Waals surface area (Å²) in [4.78, 5) is 43.3. The number of nitrogens with one attached hydrogen (secondary N) is 2. The molecule has 0 radical (unpaired) electrons. The summed E-state index contributed by atoms with van der Waals surface area (Å²) in [5.41, 5.74) is -0.191. The molecular formula is C24H24N4O5. The smallest absolute Gasteiger partial charge is 0.325 e. The number of anilines is 1. The molecule has 0 bridgehead atoms. The van der Waals surface area contributed by atoms with Crippen LogP contribution in [0.4, 0.5) is 10.5 Å². The number of hydrogen-bond donors (Lipinski definition) is 2. The lowest BCUT2D eigenvalue weighted by Gasteiger charge is -2.22. The zero-order valence-corrected chi connectivity index (χ0v) is 18.3. The van der Waals surface area contributed by atoms with E-state index in [1.807, 2.05) is 42.5 Å². The highest BCUT2D eigenvalue weighted by Crippen LogP contribution is 2.31. The first-order chi connectivity index (χ1) is 15.9. The molecule has 2 N–H and O–H groups in total. The lowest BCUT2D eigenvalue weighted by Crippen LogP contribution is -2.42. The van der Waals surface area contributed by atoms with Crippen LogP contribution in [0.25, 0.3) is 10.8 Å². The Morgan fingerprint density at radius 1 is 1.09 bits per heavy atom. The number of rotatable bonds is 8. The Labute approximate surface area is 190 Å². The summed E-state index contributed by atoms with van der Waals surface area (Å²) in [5, 5.41) is 7.36. The zero-order valence-electron chi connectivity index (χ0n) is 18.3. The van der Waals surface area contributed by atoms with Crippen LogP contribution in [-0.4, -0.2) is 54.6 Å². The minimum absolute atomic E-state index is 0.358. The molecule has 2 heterocycles. The number of carbonyl (C=O) groups excluding carboxylic acids is 3. The number of methoxy groups -OCH3 is 1. The molecule has 3 aromatic rings. The topological polar surface area (TPSA) is 110 Å². The highest BCUT2D eigenvalue weighted by Gasteiger charge is 2.49. The van der Waals surface area contributed by atoms with Crippen LogP contribution >= 0.6 is 0 Å². The fraction of sp³-hybridized carbons (Fsp3) is 0.250. The molecule has 9 nitrogen and oxygen atoms in total. The van der Waals surface area contributed by atoms with Crippen LogP contribution in [0, 0.1) is 0 Å². The summed E-state index contributed by atoms with van der Waals surface area (Å²) in [6.07, 6.45) is 1.44. The van der Waals surface area contributed by atoms with E-state index in [2.05, 4.69) is 15.6 Å². The van der Waals surface area contributed by atoms with E-state index in [0.29, 0.717) is 30.3 Å². The van der Waals surface area contributed by atoms with Gasteiger partial charge in [-0.1, -0.05) is 36.4 Å². The number of ether oxygens (including phenoxy) is 2. The van der Waals surface area contributed by atoms with Crippen molar-refractivity contribution in [3.8, 4) is 5.88 Å². The normalized spacial score (nSPS) is 17.8. The maximum Gasteiger partial charge on any atom is 0.325 e. The van der Waals surface area contributed by atoms with Crippen molar-refractivity contribution < 1.29 is 23.9 Å². The summed E-state index contributed by atoms with van der Waals surface area (Å²) in [6, 6.07) is 16.0. The quantitative estimate of drug-likeness (QED) is 0.405. The van der Waals surface area contributed by atoms with Crippen molar-refractivity contribution in [2.24, 2.45) is 0 Å². The van der Waals surface area contributed by atoms with E-state index in [-0.39, 0.29) is 0 Å². The molecule has 33 heavy (non-hydrogen) atoms. The van der Waals surface area contributed by atoms with Gasteiger partial charge in [0, 0.05) is 13.2 Å². The first-order valence-corrected chi connectivity index (χ1v) is 10.4. The average molecular weight is 448 g/mol. The molecule has 1 unspecified atom stereocenters. The Kier molecular flexibility index (Phi) is 6.23. The van der Waals surface area contributed by atoms with Crippen molar-refractivity contribution in [2.75, 3.05) is 32.2 Å². The second-order valence-corrected chi connectivity index (χ2v) is 7.78. The molecule has 1 fully saturated rings. The van der Waals surface area contributed by atoms with Crippen LogP contribution in [0.5, 0.6) is 5.88 Å². The van der Waals surface area contributed by atoms with Crippen molar-refractivity contribution >= 4 is 34.3 Å². The third kappa shape index (κ3) is 4.63. The maximum atomic E-state index is 13.2. The summed E-state index contributed by atoms with van der Waals surface area (Å²) < 4.78 is 10.3. The zero-order chi connectivity index (χ0) is 23.4. The summed E-state index contributed by atoms with van der Waals surface area (Å²) in [6.45, 7) is 2.02. The highest BCUT2D eigenvalue weighted by molar-refractivity contribution is 6.10. The van der Waals surface area contributed by atoms with Crippen molar-refractivity contribution in [3.05, 3.63) is 66.4 Å². The minimum Gasteiger partial charge on any atom is -0.475 e. The summed E-state index contributed by atoms with van der Waals surface area (Å²) in [7, 11) is 1.57. The molecular weight excluding hydrogens is 424 g/mol. The number of amides is 4. The number of benzene rings is 2. The van der Waals surface area contributed by atoms with Gasteiger partial charge in [-0.15, -0.1) is 0 Å². The van der Waals surface area contributed by atoms with E-state index < -0.39 is 29.9 Å². The third-order valence-electron chi connectivity index (χ3n) is 5.46. The number of nitrogens with zero attached hydrogens (tertiary/aromatic N) is 2. The number of aromatic nitrogens is 1. The van der Waals surface area contributed by atoms with Gasteiger partial charge in [0.1, 0.15) is 18.7 Å². The Bertz CT molecular complexity index is 1200. The van der Waals surface area contributed by atoms with Crippen LogP contribution in [0.2, 0.25) is 0 Å². The molecule has 1 aliphatic rings. The van der Waals surface area contributed by atoms with Crippen molar-refractivity contribution in [1.29, 1.82) is 0 Å². The van der Waals surface area contributed by atoms with Crippen LogP contribution in [0.1, 0.15) is 12.5 Å². The molecule has 1 atom stereocenters. The largest absolute Gasteiger partial charge is 0.475 e. The molecule has 1 aromatic heterocycles. The Balaban J connectivity index is 1.42. The second-order valence-electron chi connectivity index (χ2n) is 7.78. The van der Waals surface area contributed by atoms with Crippen molar-refractivity contribution in [3.63, 3.8) is 0 Å². The van der Waals surface area contributed by atoms with Gasteiger partial charge in [-0.05, 0) is 35.4 Å². The predicted octanol–water partition coefficient (Wildman–Crippen LogP) is 2.67. The van der Waals surface area contributed by atoms with Gasteiger partial charge in [-0.25, -0.2) is 9.78 Å². The lowest BCUT2D eigenvalue weighted by molar-refractivity contribution is -0.133. The first-order valence-electron chi connectivity index (χ1n) is 10.4. The van der Waals surface area contributed by atoms with Gasteiger partial charge in [0.15, 0.2) is 0 Å². The van der Waals surface area contributed by atoms with E-state index in [4.69, 9.17) is 9.47 Å². The van der Waals surface area contributed by atoms with E-state index in [1.165, 1.54) is 6.20 Å². The second kappa shape index (κ2) is 9.25. The molecule has 0 saturated carbocycles. The number of pyridine rings is 1. The molecule has 0 spiro atoms. The van der Waals surface area contributed by atoms with Gasteiger partial charge in [0.25, 0.3) is 5.91 Å². The van der Waals surface area contributed by atoms with Crippen LogP contribution < -0.4 is 15.4 Å². The minimum atomic E-state index is -1.26. The maximum absolute atomic E-state index is 13.2. The van der Waals surface area contributed by atoms with E-state index in [0.717, 1.165) is 15.7 Å². The highest BCUT2D eigenvalue weighted by atomic mass is 16.5. The number of carbonyl (C=O) groups is 3. The number of hydrogen-bond acceptors (Lipinski definition) is 6. The molecule has 1 aliphatic heterocycles.